The average Bonchev–Trinajstić information content (AvgIpc) is 3.65. The molecule has 1 amide bonds. The molecular weight excluding hydrogens is 541 g/mol. The largest absolute Gasteiger partial charge is 0.393 e. The highest BCUT2D eigenvalue weighted by atomic mass is 19.1. The van der Waals surface area contributed by atoms with Crippen LogP contribution < -0.4 is 10.6 Å². The summed E-state index contributed by atoms with van der Waals surface area (Å²) in [5, 5.41) is 14.5. The van der Waals surface area contributed by atoms with Crippen LogP contribution in [0.25, 0.3) is 33.6 Å². The number of nitrogens with zero attached hydrogens (tertiary/aromatic N) is 3. The number of nitrogens with one attached hydrogen (secondary N) is 4. The molecule has 3 heterocycles. The Morgan fingerprint density at radius 3 is 2.56 bits per heavy atom. The van der Waals surface area contributed by atoms with E-state index >= 15 is 0 Å². The van der Waals surface area contributed by atoms with Gasteiger partial charge in [-0.3, -0.25) is 9.89 Å². The van der Waals surface area contributed by atoms with Gasteiger partial charge < -0.3 is 15.6 Å². The van der Waals surface area contributed by atoms with Crippen molar-refractivity contribution in [1.29, 1.82) is 0 Å². The smallest absolute Gasteiger partial charge is 0.255 e. The number of rotatable bonds is 10. The van der Waals surface area contributed by atoms with Crippen LogP contribution in [0.15, 0.2) is 102 Å². The van der Waals surface area contributed by atoms with E-state index in [0.29, 0.717) is 34.8 Å². The number of pyridine rings is 1. The van der Waals surface area contributed by atoms with Gasteiger partial charge in [0.05, 0.1) is 5.69 Å². The van der Waals surface area contributed by atoms with Crippen molar-refractivity contribution in [3.63, 3.8) is 0 Å². The number of halogens is 1. The molecule has 3 aromatic heterocycles. The minimum absolute atomic E-state index is 0.170. The molecule has 0 saturated heterocycles. The zero-order chi connectivity index (χ0) is 30.3. The standard InChI is InChI=1S/C34H32FN7O/c1-5-26(39-34(43)21-11-8-7-9-12-21)16-23(19-36-3)24-17-29-31(41-42-33(29)38-20-24)30-18-28(32(37-4)40-30)27(6-2)22-13-10-14-25(35)15-22/h6-20,36,40H,4-5H2,1-3H3,(H,39,43)(H,38,41,42)/b23-19+,26-16+,27-6-. The quantitative estimate of drug-likeness (QED) is 0.105. The van der Waals surface area contributed by atoms with Crippen LogP contribution in [0.2, 0.25) is 0 Å². The minimum atomic E-state index is -0.317. The second-order valence-corrected chi connectivity index (χ2v) is 9.74. The van der Waals surface area contributed by atoms with Crippen LogP contribution >= 0.6 is 0 Å². The van der Waals surface area contributed by atoms with E-state index in [9.17, 15) is 9.18 Å². The van der Waals surface area contributed by atoms with Crippen molar-refractivity contribution in [2.75, 3.05) is 7.05 Å². The van der Waals surface area contributed by atoms with Crippen molar-refractivity contribution >= 4 is 40.6 Å². The van der Waals surface area contributed by atoms with Crippen molar-refractivity contribution in [3.05, 3.63) is 125 Å². The molecule has 0 atom stereocenters. The molecule has 0 spiro atoms. The van der Waals surface area contributed by atoms with E-state index < -0.39 is 0 Å². The summed E-state index contributed by atoms with van der Waals surface area (Å²) in [4.78, 5) is 25.0. The highest BCUT2D eigenvalue weighted by Crippen LogP contribution is 2.37. The molecule has 0 aliphatic rings. The fourth-order valence-corrected chi connectivity index (χ4v) is 4.89. The molecule has 216 valence electrons. The van der Waals surface area contributed by atoms with Crippen molar-refractivity contribution < 1.29 is 9.18 Å². The van der Waals surface area contributed by atoms with Crippen molar-refractivity contribution in [1.82, 2.24) is 30.8 Å². The summed E-state index contributed by atoms with van der Waals surface area (Å²) in [6, 6.07) is 19.5. The van der Waals surface area contributed by atoms with Crippen LogP contribution in [0.1, 0.15) is 47.3 Å². The predicted octanol–water partition coefficient (Wildman–Crippen LogP) is 7.16. The van der Waals surface area contributed by atoms with E-state index in [1.807, 2.05) is 75.6 Å². The lowest BCUT2D eigenvalue weighted by molar-refractivity contribution is 0.0965. The van der Waals surface area contributed by atoms with Crippen LogP contribution in [-0.4, -0.2) is 39.8 Å². The first-order chi connectivity index (χ1) is 20.9. The van der Waals surface area contributed by atoms with Gasteiger partial charge in [-0.2, -0.15) is 5.10 Å². The van der Waals surface area contributed by atoms with Crippen LogP contribution in [-0.2, 0) is 0 Å². The zero-order valence-corrected chi connectivity index (χ0v) is 24.2. The number of carbonyl (C=O) groups excluding carboxylic acids is 1. The molecule has 2 aromatic carbocycles. The number of aromatic nitrogens is 4. The van der Waals surface area contributed by atoms with Crippen LogP contribution in [0.5, 0.6) is 0 Å². The molecule has 43 heavy (non-hydrogen) atoms. The highest BCUT2D eigenvalue weighted by molar-refractivity contribution is 5.97. The maximum atomic E-state index is 14.0. The van der Waals surface area contributed by atoms with Gasteiger partial charge in [-0.1, -0.05) is 43.3 Å². The van der Waals surface area contributed by atoms with Gasteiger partial charge in [0.15, 0.2) is 5.65 Å². The summed E-state index contributed by atoms with van der Waals surface area (Å²) < 4.78 is 14.0. The van der Waals surface area contributed by atoms with Gasteiger partial charge in [-0.15, -0.1) is 0 Å². The number of benzene rings is 2. The Morgan fingerprint density at radius 2 is 1.86 bits per heavy atom. The third-order valence-electron chi connectivity index (χ3n) is 6.99. The number of amides is 1. The lowest BCUT2D eigenvalue weighted by Crippen LogP contribution is -2.22. The van der Waals surface area contributed by atoms with Gasteiger partial charge in [-0.25, -0.2) is 14.4 Å². The molecule has 0 saturated carbocycles. The molecule has 5 aromatic rings. The van der Waals surface area contributed by atoms with Gasteiger partial charge in [0.25, 0.3) is 5.91 Å². The third kappa shape index (κ3) is 6.20. The summed E-state index contributed by atoms with van der Waals surface area (Å²) in [7, 11) is 1.82. The summed E-state index contributed by atoms with van der Waals surface area (Å²) in [6.07, 6.45) is 8.09. The molecule has 0 radical (unpaired) electrons. The van der Waals surface area contributed by atoms with Crippen LogP contribution in [0.3, 0.4) is 0 Å². The SMILES string of the molecule is C=Nc1[nH]c(-c2n[nH]c3ncc(C(/C=C(\CC)NC(=O)c4ccccc4)=C/NC)cc23)cc1/C(=C\C)c1cccc(F)c1. The van der Waals surface area contributed by atoms with Crippen molar-refractivity contribution in [2.45, 2.75) is 20.3 Å². The van der Waals surface area contributed by atoms with E-state index in [-0.39, 0.29) is 11.7 Å². The average molecular weight is 574 g/mol. The first kappa shape index (κ1) is 28.9. The fraction of sp³-hybridized carbons (Fsp3) is 0.118. The molecule has 4 N–H and O–H groups in total. The van der Waals surface area contributed by atoms with Gasteiger partial charge in [0.1, 0.15) is 17.3 Å². The molecule has 0 aliphatic carbocycles. The fourth-order valence-electron chi connectivity index (χ4n) is 4.89. The minimum Gasteiger partial charge on any atom is -0.393 e. The van der Waals surface area contributed by atoms with Gasteiger partial charge in [0, 0.05) is 52.8 Å². The van der Waals surface area contributed by atoms with E-state index in [4.69, 9.17) is 0 Å². The van der Waals surface area contributed by atoms with E-state index in [0.717, 1.165) is 38.9 Å². The predicted molar refractivity (Wildman–Crippen MR) is 171 cm³/mol. The molecular formula is C34H32FN7O. The monoisotopic (exact) mass is 573 g/mol. The summed E-state index contributed by atoms with van der Waals surface area (Å²) in [5.41, 5.74) is 7.29. The number of hydrogen-bond acceptors (Lipinski definition) is 5. The molecule has 0 unspecified atom stereocenters. The molecule has 0 aliphatic heterocycles. The van der Waals surface area contributed by atoms with Crippen molar-refractivity contribution in [2.24, 2.45) is 4.99 Å². The third-order valence-corrected chi connectivity index (χ3v) is 6.99. The summed E-state index contributed by atoms with van der Waals surface area (Å²) in [6.45, 7) is 7.62. The van der Waals surface area contributed by atoms with Gasteiger partial charge in [0.2, 0.25) is 0 Å². The van der Waals surface area contributed by atoms with Crippen LogP contribution in [0, 0.1) is 5.82 Å². The zero-order valence-electron chi connectivity index (χ0n) is 24.2. The van der Waals surface area contributed by atoms with E-state index in [1.165, 1.54) is 12.1 Å². The van der Waals surface area contributed by atoms with Crippen molar-refractivity contribution in [3.8, 4) is 11.4 Å². The maximum absolute atomic E-state index is 14.0. The molecule has 9 heteroatoms. The topological polar surface area (TPSA) is 111 Å². The highest BCUT2D eigenvalue weighted by Gasteiger charge is 2.19. The molecule has 8 nitrogen and oxygen atoms in total. The Morgan fingerprint density at radius 1 is 1.07 bits per heavy atom. The maximum Gasteiger partial charge on any atom is 0.255 e. The number of hydrogen-bond donors (Lipinski definition) is 4. The Balaban J connectivity index is 1.52. The Bertz CT molecular complexity index is 1880. The number of aromatic amines is 2. The second-order valence-electron chi connectivity index (χ2n) is 9.74. The normalized spacial score (nSPS) is 12.4. The lowest BCUT2D eigenvalue weighted by Gasteiger charge is -2.11. The van der Waals surface area contributed by atoms with E-state index in [2.05, 4.69) is 42.5 Å². The van der Waals surface area contributed by atoms with Gasteiger partial charge in [-0.05, 0) is 73.7 Å². The number of allylic oxidation sites excluding steroid dienone is 4. The summed E-state index contributed by atoms with van der Waals surface area (Å²) >= 11 is 0. The Kier molecular flexibility index (Phi) is 8.71. The second kappa shape index (κ2) is 12.9. The number of H-pyrrole nitrogens is 2. The number of aliphatic imine (C=N–C) groups is 1. The Hall–Kier alpha value is -5.57. The van der Waals surface area contributed by atoms with Gasteiger partial charge >= 0.3 is 0 Å². The molecule has 0 bridgehead atoms. The summed E-state index contributed by atoms with van der Waals surface area (Å²) in [5.74, 6) is 0.0622. The van der Waals surface area contributed by atoms with E-state index in [1.54, 1.807) is 24.4 Å². The molecule has 5 rings (SSSR count). The lowest BCUT2D eigenvalue weighted by atomic mass is 9.98. The van der Waals surface area contributed by atoms with Crippen LogP contribution in [0.4, 0.5) is 10.2 Å². The molecule has 0 fully saturated rings. The Labute approximate surface area is 249 Å². The number of fused-ring (bicyclic) bond motifs is 1. The first-order valence-electron chi connectivity index (χ1n) is 13.9. The number of carbonyl (C=O) groups is 1. The first-order valence-corrected chi connectivity index (χ1v) is 13.9.